The second-order valence-corrected chi connectivity index (χ2v) is 23.2. The van der Waals surface area contributed by atoms with Crippen LogP contribution >= 0.6 is 30.4 Å². The number of rotatable bonds is 18. The van der Waals surface area contributed by atoms with E-state index in [0.717, 1.165) is 12.1 Å². The van der Waals surface area contributed by atoms with Crippen LogP contribution in [0, 0.1) is 13.8 Å². The van der Waals surface area contributed by atoms with Crippen LogP contribution in [0.5, 0.6) is 0 Å². The average Bonchev–Trinajstić information content (AvgIpc) is 3.27. The third-order valence-corrected chi connectivity index (χ3v) is 13.4. The van der Waals surface area contributed by atoms with Gasteiger partial charge in [0.1, 0.15) is 0 Å². The SMILES string of the molecule is Cc1ccc(C([O-])=Nc2ccc(CP(=O)(O)O)cc2CP(=O)(O)O)cc1N=C([O-])c1cccc(N=C(O)Nc2cccc(C([O-])=Nc3cc(C([O-])=Nc4ccc(CP(=O)(O)O)cc4CP(=O)(O)O)ccc3C)c2)c1.[Na+].[Na+].[Na+].[Na+]. The van der Waals surface area contributed by atoms with Crippen molar-refractivity contribution >= 4 is 94.1 Å². The Morgan fingerprint density at radius 2 is 0.782 bits per heavy atom. The largest absolute Gasteiger partial charge is 1.00 e. The summed E-state index contributed by atoms with van der Waals surface area (Å²) in [5.41, 5.74) is 0.990. The van der Waals surface area contributed by atoms with E-state index >= 15 is 0 Å². The van der Waals surface area contributed by atoms with Crippen LogP contribution in [-0.2, 0) is 42.9 Å². The number of anilines is 1. The molecule has 0 heterocycles. The van der Waals surface area contributed by atoms with E-state index in [2.05, 4.69) is 30.3 Å². The van der Waals surface area contributed by atoms with Gasteiger partial charge in [0, 0.05) is 5.69 Å². The summed E-state index contributed by atoms with van der Waals surface area (Å²) in [4.78, 5) is 96.3. The maximum Gasteiger partial charge on any atom is 1.00 e. The number of aryl methyl sites for hydroxylation is 2. The monoisotopic (exact) mass is 1180 g/mol. The second kappa shape index (κ2) is 30.4. The predicted molar refractivity (Wildman–Crippen MR) is 269 cm³/mol. The van der Waals surface area contributed by atoms with Crippen LogP contribution in [0.25, 0.3) is 0 Å². The van der Waals surface area contributed by atoms with E-state index < -0.39 is 84.6 Å². The van der Waals surface area contributed by atoms with Gasteiger partial charge in [0.25, 0.3) is 6.02 Å². The minimum Gasteiger partial charge on any atom is -0.858 e. The van der Waals surface area contributed by atoms with Gasteiger partial charge in [-0.3, -0.25) is 38.2 Å². The fraction of sp³-hybridized carbons (Fsp3) is 0.128. The van der Waals surface area contributed by atoms with Crippen LogP contribution in [0.15, 0.2) is 146 Å². The molecular weight excluding hydrogens is 1140 g/mol. The maximum atomic E-state index is 13.4. The zero-order chi connectivity index (χ0) is 54.3. The molecule has 0 atom stereocenters. The van der Waals surface area contributed by atoms with Crippen molar-refractivity contribution in [1.82, 2.24) is 0 Å². The number of hydrogen-bond donors (Lipinski definition) is 10. The molecule has 31 heteroatoms. The maximum absolute atomic E-state index is 13.4. The first-order valence-corrected chi connectivity index (χ1v) is 28.6. The Labute approximate surface area is 535 Å². The quantitative estimate of drug-likeness (QED) is 0.0165. The number of nitrogens with zero attached hydrogens (tertiary/aromatic N) is 5. The minimum absolute atomic E-state index is 0. The standard InChI is InChI=1S/C47H48N6O17P4.4Na/c1-27-9-13-33(45(56)50-39-15-11-29(23-71(59,60)61)17-35(39)25-73(65,66)67)21-41(27)52-43(54)31-5-3-7-37(19-31)48-47(58)49-38-8-4-6-32(20-38)44(55)53-42-22-34(14-10-28(42)2)46(57)51-40-16-12-30(24-72(62,63)64)18-36(40)26-74(68,69)70;;;;/h3-22H,23-26H2,1-2H3,(H,50,56)(H,51,57)(H,52,54)(H,53,55)(H2,48,49,58)(H2,59,60,61)(H2,62,63,64)(H2,65,66,67)(H2,68,69,70);;;;/q;4*+1/p-4. The van der Waals surface area contributed by atoms with E-state index in [1.165, 1.54) is 109 Å². The summed E-state index contributed by atoms with van der Waals surface area (Å²) in [6.45, 7) is 3.25. The van der Waals surface area contributed by atoms with Crippen molar-refractivity contribution in [2.24, 2.45) is 25.0 Å². The van der Waals surface area contributed by atoms with Gasteiger partial charge in [0.15, 0.2) is 0 Å². The van der Waals surface area contributed by atoms with E-state index in [-0.39, 0.29) is 197 Å². The first-order valence-electron chi connectivity index (χ1n) is 21.4. The molecule has 388 valence electrons. The molecule has 6 rings (SSSR count). The number of hydrogen-bond acceptors (Lipinski definition) is 13. The first-order chi connectivity index (χ1) is 34.5. The van der Waals surface area contributed by atoms with Crippen molar-refractivity contribution < 1.29 is 201 Å². The van der Waals surface area contributed by atoms with E-state index in [1.54, 1.807) is 13.8 Å². The van der Waals surface area contributed by atoms with E-state index in [1.807, 2.05) is 0 Å². The Bertz CT molecular complexity index is 3510. The van der Waals surface area contributed by atoms with E-state index in [9.17, 15) is 82.9 Å². The topological polar surface area (TPSA) is 416 Å². The number of aliphatic hydroxyl groups is 1. The molecule has 23 nitrogen and oxygen atoms in total. The van der Waals surface area contributed by atoms with Crippen molar-refractivity contribution in [1.29, 1.82) is 0 Å². The normalized spacial score (nSPS) is 12.9. The molecule has 0 aromatic heterocycles. The molecule has 6 aromatic carbocycles. The Kier molecular flexibility index (Phi) is 27.7. The predicted octanol–water partition coefficient (Wildman–Crippen LogP) is -7.56. The van der Waals surface area contributed by atoms with Gasteiger partial charge in [-0.2, -0.15) is 4.99 Å². The molecule has 0 spiro atoms. The Hall–Kier alpha value is -2.93. The summed E-state index contributed by atoms with van der Waals surface area (Å²) in [5, 5.41) is 66.9. The van der Waals surface area contributed by atoms with Crippen LogP contribution in [0.2, 0.25) is 0 Å². The molecule has 0 saturated carbocycles. The Balaban J connectivity index is 0.00000520. The zero-order valence-corrected chi connectivity index (χ0v) is 54.3. The average molecular weight is 1180 g/mol. The summed E-state index contributed by atoms with van der Waals surface area (Å²) < 4.78 is 46.8. The van der Waals surface area contributed by atoms with Crippen LogP contribution in [0.1, 0.15) is 55.6 Å². The summed E-state index contributed by atoms with van der Waals surface area (Å²) in [6, 6.07) is 26.5. The molecule has 78 heavy (non-hydrogen) atoms. The number of aliphatic imine (C=N–C) groups is 5. The molecule has 0 saturated heterocycles. The van der Waals surface area contributed by atoms with Gasteiger partial charge in [0.05, 0.1) is 53.1 Å². The van der Waals surface area contributed by atoms with Crippen molar-refractivity contribution in [3.63, 3.8) is 0 Å². The van der Waals surface area contributed by atoms with Gasteiger partial charge in [-0.05, 0) is 142 Å². The molecule has 0 fully saturated rings. The molecule has 0 aliphatic rings. The fourth-order valence-corrected chi connectivity index (χ4v) is 9.74. The van der Waals surface area contributed by atoms with Gasteiger partial charge in [-0.25, -0.2) is 0 Å². The van der Waals surface area contributed by atoms with Crippen molar-refractivity contribution in [2.75, 3.05) is 5.32 Å². The second-order valence-electron chi connectivity index (χ2n) is 16.6. The van der Waals surface area contributed by atoms with E-state index in [4.69, 9.17) is 0 Å². The van der Waals surface area contributed by atoms with Crippen molar-refractivity contribution in [3.8, 4) is 0 Å². The van der Waals surface area contributed by atoms with Crippen LogP contribution < -0.4 is 144 Å². The Morgan fingerprint density at radius 1 is 0.423 bits per heavy atom. The molecule has 0 radical (unpaired) electrons. The minimum atomic E-state index is -4.71. The smallest absolute Gasteiger partial charge is 0.858 e. The molecule has 10 N–H and O–H groups in total. The molecular formula is C47H44N6Na4O17P4. The number of amidine groups is 1. The fourth-order valence-electron chi connectivity index (χ4n) is 7.00. The van der Waals surface area contributed by atoms with Crippen molar-refractivity contribution in [2.45, 2.75) is 38.5 Å². The van der Waals surface area contributed by atoms with Gasteiger partial charge >= 0.3 is 149 Å². The molecule has 0 unspecified atom stereocenters. The van der Waals surface area contributed by atoms with E-state index in [0.29, 0.717) is 11.1 Å². The number of nitrogens with one attached hydrogen (secondary N) is 1. The van der Waals surface area contributed by atoms with Crippen LogP contribution in [0.3, 0.4) is 0 Å². The number of aliphatic hydroxyl groups excluding tert-OH is 1. The van der Waals surface area contributed by atoms with Crippen molar-refractivity contribution in [3.05, 3.63) is 177 Å². The summed E-state index contributed by atoms with van der Waals surface area (Å²) in [7, 11) is -18.5. The zero-order valence-electron chi connectivity index (χ0n) is 42.7. The molecule has 6 aromatic rings. The summed E-state index contributed by atoms with van der Waals surface area (Å²) in [5.74, 6) is -3.27. The molecule has 0 aliphatic carbocycles. The summed E-state index contributed by atoms with van der Waals surface area (Å²) in [6.07, 6.45) is -3.15. The van der Waals surface area contributed by atoms with Gasteiger partial charge in [-0.15, -0.1) is 0 Å². The number of benzene rings is 6. The first kappa shape index (κ1) is 71.2. The van der Waals surface area contributed by atoms with Crippen LogP contribution in [-0.4, -0.2) is 73.9 Å². The van der Waals surface area contributed by atoms with Crippen LogP contribution in [0.4, 0.5) is 34.1 Å². The third-order valence-electron chi connectivity index (χ3n) is 10.3. The molecule has 0 aliphatic heterocycles. The van der Waals surface area contributed by atoms with Gasteiger partial charge in [0.2, 0.25) is 0 Å². The molecule has 0 amide bonds. The summed E-state index contributed by atoms with van der Waals surface area (Å²) >= 11 is 0. The van der Waals surface area contributed by atoms with Gasteiger partial charge in [-0.1, -0.05) is 72.8 Å². The third kappa shape index (κ3) is 22.8. The Morgan fingerprint density at radius 3 is 1.18 bits per heavy atom. The molecule has 0 bridgehead atoms. The van der Waals surface area contributed by atoms with Gasteiger partial charge < -0.3 is 70.0 Å².